The van der Waals surface area contributed by atoms with E-state index in [0.717, 1.165) is 42.9 Å². The zero-order valence-electron chi connectivity index (χ0n) is 12.6. The molecular weight excluding hydrogens is 277 g/mol. The van der Waals surface area contributed by atoms with E-state index in [-0.39, 0.29) is 12.5 Å². The number of rotatable bonds is 4. The predicted octanol–water partition coefficient (Wildman–Crippen LogP) is 3.59. The van der Waals surface area contributed by atoms with Gasteiger partial charge in [-0.05, 0) is 31.4 Å². The normalized spacial score (nSPS) is 18.7. The highest BCUT2D eigenvalue weighted by Gasteiger charge is 2.31. The molecule has 1 N–H and O–H groups in total. The summed E-state index contributed by atoms with van der Waals surface area (Å²) in [5.74, 6) is 0. The molecule has 1 heterocycles. The zero-order valence-corrected chi connectivity index (χ0v) is 12.6. The summed E-state index contributed by atoms with van der Waals surface area (Å²) >= 11 is 0. The van der Waals surface area contributed by atoms with Gasteiger partial charge in [-0.15, -0.1) is 0 Å². The summed E-state index contributed by atoms with van der Waals surface area (Å²) in [6.45, 7) is 7.26. The van der Waals surface area contributed by atoms with E-state index < -0.39 is 12.6 Å². The van der Waals surface area contributed by atoms with Crippen LogP contribution in [0.3, 0.4) is 0 Å². The lowest BCUT2D eigenvalue weighted by Gasteiger charge is -2.36. The van der Waals surface area contributed by atoms with Gasteiger partial charge >= 0.3 is 6.18 Å². The number of hydrogen-bond acceptors (Lipinski definition) is 2. The van der Waals surface area contributed by atoms with Gasteiger partial charge in [-0.1, -0.05) is 23.8 Å². The number of halogens is 3. The lowest BCUT2D eigenvalue weighted by atomic mass is 9.94. The molecule has 1 aromatic carbocycles. The van der Waals surface area contributed by atoms with Crippen LogP contribution in [0.4, 0.5) is 13.2 Å². The summed E-state index contributed by atoms with van der Waals surface area (Å²) < 4.78 is 37.9. The Labute approximate surface area is 124 Å². The van der Waals surface area contributed by atoms with Crippen molar-refractivity contribution in [1.82, 2.24) is 10.2 Å². The third-order valence-corrected chi connectivity index (χ3v) is 4.09. The van der Waals surface area contributed by atoms with Crippen LogP contribution >= 0.6 is 0 Å². The number of benzene rings is 1. The molecule has 1 aliphatic heterocycles. The van der Waals surface area contributed by atoms with Crippen LogP contribution in [0.15, 0.2) is 18.2 Å². The van der Waals surface area contributed by atoms with Crippen LogP contribution < -0.4 is 5.32 Å². The van der Waals surface area contributed by atoms with Crippen LogP contribution in [-0.4, -0.2) is 37.3 Å². The number of piperazine rings is 1. The topological polar surface area (TPSA) is 15.3 Å². The van der Waals surface area contributed by atoms with Gasteiger partial charge in [-0.2, -0.15) is 13.2 Å². The maximum atomic E-state index is 12.6. The van der Waals surface area contributed by atoms with E-state index in [0.29, 0.717) is 0 Å². The van der Waals surface area contributed by atoms with Crippen molar-refractivity contribution in [3.63, 3.8) is 0 Å². The first-order valence-electron chi connectivity index (χ1n) is 7.45. The molecule has 0 bridgehead atoms. The number of alkyl halides is 3. The fourth-order valence-corrected chi connectivity index (χ4v) is 2.95. The van der Waals surface area contributed by atoms with E-state index >= 15 is 0 Å². The summed E-state index contributed by atoms with van der Waals surface area (Å²) in [4.78, 5) is 2.18. The molecular formula is C16H23F3N2. The summed E-state index contributed by atoms with van der Waals surface area (Å²) in [5, 5.41) is 3.26. The van der Waals surface area contributed by atoms with Gasteiger partial charge in [0.05, 0.1) is 0 Å². The second-order valence-corrected chi connectivity index (χ2v) is 5.82. The van der Waals surface area contributed by atoms with Crippen molar-refractivity contribution < 1.29 is 13.2 Å². The highest BCUT2D eigenvalue weighted by atomic mass is 19.4. The molecule has 5 heteroatoms. The third-order valence-electron chi connectivity index (χ3n) is 4.09. The molecule has 1 aromatic rings. The van der Waals surface area contributed by atoms with Crippen molar-refractivity contribution in [3.8, 4) is 0 Å². The molecule has 118 valence electrons. The highest BCUT2D eigenvalue weighted by molar-refractivity contribution is 5.33. The van der Waals surface area contributed by atoms with Crippen LogP contribution in [0.1, 0.15) is 35.6 Å². The second-order valence-electron chi connectivity index (χ2n) is 5.82. The van der Waals surface area contributed by atoms with Crippen molar-refractivity contribution >= 4 is 0 Å². The molecule has 0 saturated carbocycles. The number of aryl methyl sites for hydroxylation is 2. The molecule has 0 radical (unpaired) electrons. The van der Waals surface area contributed by atoms with Crippen molar-refractivity contribution in [3.05, 3.63) is 34.9 Å². The SMILES string of the molecule is Cc1ccc(C)c([C@H](CCC(F)(F)F)N2CCNCC2)c1. The molecule has 1 fully saturated rings. The smallest absolute Gasteiger partial charge is 0.314 e. The van der Waals surface area contributed by atoms with Crippen molar-refractivity contribution in [2.24, 2.45) is 0 Å². The molecule has 21 heavy (non-hydrogen) atoms. The largest absolute Gasteiger partial charge is 0.389 e. The Kier molecular flexibility index (Phi) is 5.27. The molecule has 0 unspecified atom stereocenters. The Morgan fingerprint density at radius 3 is 2.48 bits per heavy atom. The van der Waals surface area contributed by atoms with Gasteiger partial charge in [0.1, 0.15) is 0 Å². The monoisotopic (exact) mass is 300 g/mol. The van der Waals surface area contributed by atoms with Gasteiger partial charge < -0.3 is 5.32 Å². The Morgan fingerprint density at radius 1 is 1.19 bits per heavy atom. The quantitative estimate of drug-likeness (QED) is 0.914. The average molecular weight is 300 g/mol. The first-order valence-corrected chi connectivity index (χ1v) is 7.45. The third kappa shape index (κ3) is 4.71. The summed E-state index contributed by atoms with van der Waals surface area (Å²) in [6, 6.07) is 5.91. The van der Waals surface area contributed by atoms with Crippen LogP contribution in [0.5, 0.6) is 0 Å². The number of nitrogens with zero attached hydrogens (tertiary/aromatic N) is 1. The first-order chi connectivity index (χ1) is 9.87. The van der Waals surface area contributed by atoms with E-state index in [2.05, 4.69) is 10.2 Å². The summed E-state index contributed by atoms with van der Waals surface area (Å²) in [7, 11) is 0. The minimum Gasteiger partial charge on any atom is -0.314 e. The van der Waals surface area contributed by atoms with Gasteiger partial charge in [0, 0.05) is 38.6 Å². The van der Waals surface area contributed by atoms with Gasteiger partial charge in [0.15, 0.2) is 0 Å². The van der Waals surface area contributed by atoms with E-state index in [4.69, 9.17) is 0 Å². The Bertz CT molecular complexity index is 465. The van der Waals surface area contributed by atoms with E-state index in [1.807, 2.05) is 32.0 Å². The summed E-state index contributed by atoms with van der Waals surface area (Å²) in [5.41, 5.74) is 3.22. The zero-order chi connectivity index (χ0) is 15.5. The molecule has 1 saturated heterocycles. The van der Waals surface area contributed by atoms with Crippen LogP contribution in [0.2, 0.25) is 0 Å². The van der Waals surface area contributed by atoms with Crippen molar-refractivity contribution in [2.45, 2.75) is 38.9 Å². The van der Waals surface area contributed by atoms with Crippen LogP contribution in [-0.2, 0) is 0 Å². The maximum Gasteiger partial charge on any atom is 0.389 e. The van der Waals surface area contributed by atoms with Gasteiger partial charge in [-0.3, -0.25) is 4.90 Å². The minimum absolute atomic E-state index is 0.133. The number of hydrogen-bond donors (Lipinski definition) is 1. The Morgan fingerprint density at radius 2 is 1.86 bits per heavy atom. The highest BCUT2D eigenvalue weighted by Crippen LogP contribution is 2.33. The van der Waals surface area contributed by atoms with E-state index in [1.165, 1.54) is 0 Å². The standard InChI is InChI=1S/C16H23F3N2/c1-12-3-4-13(2)14(11-12)15(5-6-16(17,18)19)21-9-7-20-8-10-21/h3-4,11,15,20H,5-10H2,1-2H3/t15-/m0/s1. The van der Waals surface area contributed by atoms with Crippen LogP contribution in [0.25, 0.3) is 0 Å². The van der Waals surface area contributed by atoms with E-state index in [9.17, 15) is 13.2 Å². The number of nitrogens with one attached hydrogen (secondary N) is 1. The average Bonchev–Trinajstić information content (AvgIpc) is 2.43. The van der Waals surface area contributed by atoms with Crippen molar-refractivity contribution in [1.29, 1.82) is 0 Å². The molecule has 2 nitrogen and oxygen atoms in total. The predicted molar refractivity (Wildman–Crippen MR) is 78.4 cm³/mol. The first kappa shape index (κ1) is 16.3. The molecule has 0 amide bonds. The molecule has 1 aliphatic rings. The molecule has 0 aromatic heterocycles. The fourth-order valence-electron chi connectivity index (χ4n) is 2.95. The lowest BCUT2D eigenvalue weighted by molar-refractivity contribution is -0.138. The minimum atomic E-state index is -4.09. The Hall–Kier alpha value is -1.07. The summed E-state index contributed by atoms with van der Waals surface area (Å²) in [6.07, 6.45) is -4.69. The van der Waals surface area contributed by atoms with Crippen LogP contribution in [0, 0.1) is 13.8 Å². The Balaban J connectivity index is 2.23. The van der Waals surface area contributed by atoms with Gasteiger partial charge in [0.25, 0.3) is 0 Å². The van der Waals surface area contributed by atoms with Gasteiger partial charge in [0.2, 0.25) is 0 Å². The van der Waals surface area contributed by atoms with Crippen molar-refractivity contribution in [2.75, 3.05) is 26.2 Å². The van der Waals surface area contributed by atoms with Gasteiger partial charge in [-0.25, -0.2) is 0 Å². The maximum absolute atomic E-state index is 12.6. The van der Waals surface area contributed by atoms with E-state index in [1.54, 1.807) is 0 Å². The molecule has 1 atom stereocenters. The molecule has 0 spiro atoms. The molecule has 2 rings (SSSR count). The second kappa shape index (κ2) is 6.79. The molecule has 0 aliphatic carbocycles. The lowest BCUT2D eigenvalue weighted by Crippen LogP contribution is -2.45. The fraction of sp³-hybridized carbons (Fsp3) is 0.625.